The summed E-state index contributed by atoms with van der Waals surface area (Å²) in [5.41, 5.74) is 7.77. The standard InChI is InChI=1S/C23H29N3O5/c1-4-30-12-13-31-19-7-5-6-18(15-19)23(29)26-25-22(28)11-10-21(27)24-20-9-8-16(2)14-17(20)3/h5-9,14-15H,4,10-13H2,1-3H3,(H,24,27)(H,25,28)(H,26,29). The Morgan fingerprint density at radius 2 is 1.68 bits per heavy atom. The molecular formula is C23H29N3O5. The number of aryl methyl sites for hydroxylation is 2. The highest BCUT2D eigenvalue weighted by atomic mass is 16.5. The van der Waals surface area contributed by atoms with Crippen molar-refractivity contribution in [3.63, 3.8) is 0 Å². The molecule has 0 heterocycles. The SMILES string of the molecule is CCOCCOc1cccc(C(=O)NNC(=O)CCC(=O)Nc2ccc(C)cc2C)c1. The van der Waals surface area contributed by atoms with Crippen molar-refractivity contribution in [3.05, 3.63) is 59.2 Å². The van der Waals surface area contributed by atoms with Gasteiger partial charge in [0.15, 0.2) is 0 Å². The van der Waals surface area contributed by atoms with Gasteiger partial charge in [-0.25, -0.2) is 0 Å². The molecule has 0 saturated heterocycles. The molecule has 0 aliphatic rings. The van der Waals surface area contributed by atoms with Crippen molar-refractivity contribution in [2.24, 2.45) is 0 Å². The highest BCUT2D eigenvalue weighted by molar-refractivity contribution is 5.97. The second kappa shape index (κ2) is 12.3. The lowest BCUT2D eigenvalue weighted by Gasteiger charge is -2.10. The van der Waals surface area contributed by atoms with Crippen LogP contribution in [0.15, 0.2) is 42.5 Å². The summed E-state index contributed by atoms with van der Waals surface area (Å²) >= 11 is 0. The number of benzene rings is 2. The van der Waals surface area contributed by atoms with E-state index in [2.05, 4.69) is 16.2 Å². The lowest BCUT2D eigenvalue weighted by Crippen LogP contribution is -2.41. The summed E-state index contributed by atoms with van der Waals surface area (Å²) in [4.78, 5) is 36.3. The van der Waals surface area contributed by atoms with E-state index in [0.717, 1.165) is 11.1 Å². The van der Waals surface area contributed by atoms with Crippen LogP contribution >= 0.6 is 0 Å². The molecule has 166 valence electrons. The average Bonchev–Trinajstić information content (AvgIpc) is 2.76. The molecule has 2 rings (SSSR count). The summed E-state index contributed by atoms with van der Waals surface area (Å²) in [7, 11) is 0. The molecule has 0 aliphatic carbocycles. The predicted octanol–water partition coefficient (Wildman–Crippen LogP) is 2.90. The highest BCUT2D eigenvalue weighted by Crippen LogP contribution is 2.16. The number of carbonyl (C=O) groups excluding carboxylic acids is 3. The van der Waals surface area contributed by atoms with Crippen molar-refractivity contribution in [2.75, 3.05) is 25.1 Å². The maximum Gasteiger partial charge on any atom is 0.269 e. The molecule has 8 heteroatoms. The molecule has 0 saturated carbocycles. The van der Waals surface area contributed by atoms with Crippen molar-refractivity contribution in [2.45, 2.75) is 33.6 Å². The molecule has 0 atom stereocenters. The molecule has 0 aliphatic heterocycles. The molecule has 0 bridgehead atoms. The maximum atomic E-state index is 12.2. The smallest absolute Gasteiger partial charge is 0.269 e. The molecule has 0 radical (unpaired) electrons. The van der Waals surface area contributed by atoms with E-state index in [9.17, 15) is 14.4 Å². The van der Waals surface area contributed by atoms with Crippen LogP contribution in [0.4, 0.5) is 5.69 Å². The second-order valence-corrected chi connectivity index (χ2v) is 6.94. The fourth-order valence-electron chi connectivity index (χ4n) is 2.74. The van der Waals surface area contributed by atoms with Crippen LogP contribution < -0.4 is 20.9 Å². The third-order valence-corrected chi connectivity index (χ3v) is 4.35. The van der Waals surface area contributed by atoms with Gasteiger partial charge in [0.2, 0.25) is 11.8 Å². The Morgan fingerprint density at radius 3 is 2.42 bits per heavy atom. The number of carbonyl (C=O) groups is 3. The molecule has 0 aromatic heterocycles. The molecule has 0 spiro atoms. The summed E-state index contributed by atoms with van der Waals surface area (Å²) in [6.07, 6.45) is -0.0597. The first-order chi connectivity index (χ1) is 14.9. The van der Waals surface area contributed by atoms with Crippen molar-refractivity contribution in [3.8, 4) is 5.75 Å². The van der Waals surface area contributed by atoms with Crippen molar-refractivity contribution < 1.29 is 23.9 Å². The summed E-state index contributed by atoms with van der Waals surface area (Å²) in [5, 5.41) is 2.79. The van der Waals surface area contributed by atoms with E-state index in [0.29, 0.717) is 36.8 Å². The first-order valence-electron chi connectivity index (χ1n) is 10.2. The van der Waals surface area contributed by atoms with Crippen molar-refractivity contribution >= 4 is 23.4 Å². The second-order valence-electron chi connectivity index (χ2n) is 6.94. The van der Waals surface area contributed by atoms with Crippen LogP contribution in [0.25, 0.3) is 0 Å². The summed E-state index contributed by atoms with van der Waals surface area (Å²) in [6.45, 7) is 7.22. The van der Waals surface area contributed by atoms with E-state index in [1.54, 1.807) is 24.3 Å². The van der Waals surface area contributed by atoms with Crippen LogP contribution in [0, 0.1) is 13.8 Å². The fraction of sp³-hybridized carbons (Fsp3) is 0.348. The Bertz CT molecular complexity index is 914. The number of rotatable bonds is 10. The quantitative estimate of drug-likeness (QED) is 0.399. The van der Waals surface area contributed by atoms with Crippen LogP contribution in [0.5, 0.6) is 5.75 Å². The summed E-state index contributed by atoms with van der Waals surface area (Å²) in [5.74, 6) is -0.691. The Kier molecular flexibility index (Phi) is 9.51. The van der Waals surface area contributed by atoms with Gasteiger partial charge in [-0.05, 0) is 50.6 Å². The average molecular weight is 428 g/mol. The number of hydrogen-bond acceptors (Lipinski definition) is 5. The molecule has 2 aromatic carbocycles. The van der Waals surface area contributed by atoms with Crippen molar-refractivity contribution in [1.82, 2.24) is 10.9 Å². The number of hydrogen-bond donors (Lipinski definition) is 3. The van der Waals surface area contributed by atoms with Gasteiger partial charge in [0, 0.05) is 30.7 Å². The van der Waals surface area contributed by atoms with Crippen LogP contribution in [0.3, 0.4) is 0 Å². The van der Waals surface area contributed by atoms with Crippen molar-refractivity contribution in [1.29, 1.82) is 0 Å². The van der Waals surface area contributed by atoms with Gasteiger partial charge >= 0.3 is 0 Å². The molecule has 8 nitrogen and oxygen atoms in total. The van der Waals surface area contributed by atoms with Gasteiger partial charge in [-0.3, -0.25) is 25.2 Å². The van der Waals surface area contributed by atoms with E-state index in [-0.39, 0.29) is 18.7 Å². The Hall–Kier alpha value is -3.39. The minimum Gasteiger partial charge on any atom is -0.491 e. The molecule has 2 aromatic rings. The largest absolute Gasteiger partial charge is 0.491 e. The number of ether oxygens (including phenoxy) is 2. The minimum absolute atomic E-state index is 0.00181. The minimum atomic E-state index is -0.483. The Labute approximate surface area is 182 Å². The first kappa shape index (κ1) is 23.9. The van der Waals surface area contributed by atoms with Crippen LogP contribution in [0.1, 0.15) is 41.3 Å². The van der Waals surface area contributed by atoms with E-state index in [1.165, 1.54) is 0 Å². The topological polar surface area (TPSA) is 106 Å². The van der Waals surface area contributed by atoms with Gasteiger partial charge in [-0.2, -0.15) is 0 Å². The van der Waals surface area contributed by atoms with E-state index in [1.807, 2.05) is 39.0 Å². The number of anilines is 1. The normalized spacial score (nSPS) is 10.3. The molecular weight excluding hydrogens is 398 g/mol. The van der Waals surface area contributed by atoms with Crippen LogP contribution in [0.2, 0.25) is 0 Å². The number of hydrazine groups is 1. The molecule has 0 unspecified atom stereocenters. The van der Waals surface area contributed by atoms with Gasteiger partial charge in [-0.15, -0.1) is 0 Å². The summed E-state index contributed by atoms with van der Waals surface area (Å²) in [6, 6.07) is 12.3. The zero-order chi connectivity index (χ0) is 22.6. The van der Waals surface area contributed by atoms with Gasteiger partial charge in [0.1, 0.15) is 12.4 Å². The zero-order valence-electron chi connectivity index (χ0n) is 18.1. The van der Waals surface area contributed by atoms with E-state index in [4.69, 9.17) is 9.47 Å². The predicted molar refractivity (Wildman–Crippen MR) is 118 cm³/mol. The molecule has 3 amide bonds. The zero-order valence-corrected chi connectivity index (χ0v) is 18.1. The third kappa shape index (κ3) is 8.47. The molecule has 31 heavy (non-hydrogen) atoms. The van der Waals surface area contributed by atoms with Crippen LogP contribution in [-0.2, 0) is 14.3 Å². The van der Waals surface area contributed by atoms with Crippen LogP contribution in [-0.4, -0.2) is 37.5 Å². The summed E-state index contributed by atoms with van der Waals surface area (Å²) < 4.78 is 10.7. The number of nitrogens with one attached hydrogen (secondary N) is 3. The highest BCUT2D eigenvalue weighted by Gasteiger charge is 2.11. The Morgan fingerprint density at radius 1 is 0.903 bits per heavy atom. The first-order valence-corrected chi connectivity index (χ1v) is 10.2. The van der Waals surface area contributed by atoms with E-state index < -0.39 is 11.8 Å². The molecule has 0 fully saturated rings. The van der Waals surface area contributed by atoms with Gasteiger partial charge in [0.25, 0.3) is 5.91 Å². The number of amides is 3. The van der Waals surface area contributed by atoms with E-state index >= 15 is 0 Å². The third-order valence-electron chi connectivity index (χ3n) is 4.35. The lowest BCUT2D eigenvalue weighted by atomic mass is 10.1. The molecule has 3 N–H and O–H groups in total. The lowest BCUT2D eigenvalue weighted by molar-refractivity contribution is -0.124. The monoisotopic (exact) mass is 427 g/mol. The fourth-order valence-corrected chi connectivity index (χ4v) is 2.74. The Balaban J connectivity index is 1.74. The van der Waals surface area contributed by atoms with Gasteiger partial charge < -0.3 is 14.8 Å². The van der Waals surface area contributed by atoms with Gasteiger partial charge in [0.05, 0.1) is 6.61 Å². The maximum absolute atomic E-state index is 12.2. The van der Waals surface area contributed by atoms with Gasteiger partial charge in [-0.1, -0.05) is 23.8 Å².